The average Bonchev–Trinajstić information content (AvgIpc) is 2.87. The number of nitrogens with zero attached hydrogens (tertiary/aromatic N) is 3. The van der Waals surface area contributed by atoms with Crippen molar-refractivity contribution in [3.8, 4) is 0 Å². The second kappa shape index (κ2) is 7.32. The smallest absolute Gasteiger partial charge is 0.240 e. The molecule has 0 aliphatic carbocycles. The fraction of sp³-hybridized carbons (Fsp3) is 0.765. The van der Waals surface area contributed by atoms with Crippen LogP contribution in [0.5, 0.6) is 0 Å². The summed E-state index contributed by atoms with van der Waals surface area (Å²) in [6.45, 7) is 4.08. The lowest BCUT2D eigenvalue weighted by atomic mass is 9.94. The molecule has 7 nitrogen and oxygen atoms in total. The predicted octanol–water partition coefficient (Wildman–Crippen LogP) is 0.892. The molecule has 0 aromatic heterocycles. The molecule has 0 aromatic carbocycles. The molecule has 7 heteroatoms. The van der Waals surface area contributed by atoms with Crippen LogP contribution in [0.25, 0.3) is 0 Å². The summed E-state index contributed by atoms with van der Waals surface area (Å²) in [5.74, 6) is 0.217. The van der Waals surface area contributed by atoms with Crippen molar-refractivity contribution in [3.63, 3.8) is 0 Å². The minimum absolute atomic E-state index is 0.0365. The van der Waals surface area contributed by atoms with Crippen LogP contribution in [-0.4, -0.2) is 58.9 Å². The maximum atomic E-state index is 12.6. The van der Waals surface area contributed by atoms with Gasteiger partial charge in [0.25, 0.3) is 0 Å². The summed E-state index contributed by atoms with van der Waals surface area (Å²) in [4.78, 5) is 40.1. The predicted molar refractivity (Wildman–Crippen MR) is 89.1 cm³/mol. The molecule has 132 valence electrons. The van der Waals surface area contributed by atoms with Crippen LogP contribution in [0.4, 0.5) is 0 Å². The van der Waals surface area contributed by atoms with E-state index in [9.17, 15) is 14.4 Å². The van der Waals surface area contributed by atoms with Gasteiger partial charge in [-0.25, -0.2) is 5.43 Å². The highest BCUT2D eigenvalue weighted by Crippen LogP contribution is 2.29. The third-order valence-electron chi connectivity index (χ3n) is 5.22. The molecule has 4 aliphatic rings. The van der Waals surface area contributed by atoms with Crippen molar-refractivity contribution in [2.24, 2.45) is 11.0 Å². The third kappa shape index (κ3) is 3.60. The Bertz CT molecular complexity index is 560. The van der Waals surface area contributed by atoms with Gasteiger partial charge in [0.05, 0.1) is 5.92 Å². The average molecular weight is 334 g/mol. The van der Waals surface area contributed by atoms with E-state index in [0.717, 1.165) is 31.5 Å². The van der Waals surface area contributed by atoms with Gasteiger partial charge in [0.2, 0.25) is 17.7 Å². The topological polar surface area (TPSA) is 82.1 Å². The number of fused-ring (bicyclic) bond motifs is 4. The first-order valence-electron chi connectivity index (χ1n) is 9.01. The quantitative estimate of drug-likeness (QED) is 0.811. The Balaban J connectivity index is 1.58. The van der Waals surface area contributed by atoms with E-state index < -0.39 is 0 Å². The highest BCUT2D eigenvalue weighted by atomic mass is 16.2. The molecule has 0 unspecified atom stereocenters. The van der Waals surface area contributed by atoms with Gasteiger partial charge in [-0.15, -0.1) is 0 Å². The van der Waals surface area contributed by atoms with Gasteiger partial charge >= 0.3 is 0 Å². The summed E-state index contributed by atoms with van der Waals surface area (Å²) < 4.78 is 0. The SMILES string of the molecule is CCCN1C(=O)[C@@H]2CC[C@H]1CN(C(=O)CCC1=NNC(=O)CC1)C2. The van der Waals surface area contributed by atoms with Gasteiger partial charge in [-0.2, -0.15) is 5.10 Å². The van der Waals surface area contributed by atoms with Crippen molar-refractivity contribution in [2.45, 2.75) is 57.9 Å². The lowest BCUT2D eigenvalue weighted by Gasteiger charge is -2.35. The molecule has 4 heterocycles. The normalized spacial score (nSPS) is 27.0. The number of rotatable bonds is 5. The van der Waals surface area contributed by atoms with Gasteiger partial charge in [0.1, 0.15) is 0 Å². The molecular formula is C17H26N4O3. The van der Waals surface area contributed by atoms with Crippen LogP contribution in [0, 0.1) is 5.92 Å². The van der Waals surface area contributed by atoms with Crippen LogP contribution < -0.4 is 5.43 Å². The molecule has 1 N–H and O–H groups in total. The van der Waals surface area contributed by atoms with E-state index in [1.165, 1.54) is 0 Å². The van der Waals surface area contributed by atoms with E-state index in [2.05, 4.69) is 17.5 Å². The molecule has 3 saturated heterocycles. The second-order valence-electron chi connectivity index (χ2n) is 6.97. The number of amides is 3. The van der Waals surface area contributed by atoms with Crippen LogP contribution in [0.15, 0.2) is 5.10 Å². The molecule has 0 saturated carbocycles. The molecule has 3 amide bonds. The first-order chi connectivity index (χ1) is 11.6. The van der Waals surface area contributed by atoms with Crippen LogP contribution in [0.1, 0.15) is 51.9 Å². The molecule has 0 aromatic rings. The monoisotopic (exact) mass is 334 g/mol. The Labute approximate surface area is 142 Å². The summed E-state index contributed by atoms with van der Waals surface area (Å²) in [7, 11) is 0. The molecular weight excluding hydrogens is 308 g/mol. The molecule has 4 aliphatic heterocycles. The van der Waals surface area contributed by atoms with Gasteiger partial charge < -0.3 is 9.80 Å². The highest BCUT2D eigenvalue weighted by molar-refractivity contribution is 5.94. The van der Waals surface area contributed by atoms with Crippen molar-refractivity contribution in [1.82, 2.24) is 15.2 Å². The second-order valence-corrected chi connectivity index (χ2v) is 6.97. The Hall–Kier alpha value is -1.92. The maximum absolute atomic E-state index is 12.6. The lowest BCUT2D eigenvalue weighted by molar-refractivity contribution is -0.139. The summed E-state index contributed by atoms with van der Waals surface area (Å²) >= 11 is 0. The van der Waals surface area contributed by atoms with Gasteiger partial charge in [-0.05, 0) is 32.1 Å². The summed E-state index contributed by atoms with van der Waals surface area (Å²) in [6.07, 6.45) is 4.90. The minimum atomic E-state index is -0.0660. The number of carbonyl (C=O) groups excluding carboxylic acids is 3. The van der Waals surface area contributed by atoms with Crippen LogP contribution in [-0.2, 0) is 14.4 Å². The van der Waals surface area contributed by atoms with E-state index in [0.29, 0.717) is 38.8 Å². The Kier molecular flexibility index (Phi) is 5.16. The number of nitrogens with one attached hydrogen (secondary N) is 1. The first-order valence-corrected chi connectivity index (χ1v) is 9.01. The number of hydrazone groups is 1. The summed E-state index contributed by atoms with van der Waals surface area (Å²) in [5, 5.41) is 4.02. The van der Waals surface area contributed by atoms with Crippen molar-refractivity contribution in [2.75, 3.05) is 19.6 Å². The molecule has 2 atom stereocenters. The zero-order chi connectivity index (χ0) is 17.1. The molecule has 3 fully saturated rings. The van der Waals surface area contributed by atoms with E-state index in [4.69, 9.17) is 0 Å². The summed E-state index contributed by atoms with van der Waals surface area (Å²) in [5.41, 5.74) is 3.35. The van der Waals surface area contributed by atoms with Gasteiger partial charge in [0.15, 0.2) is 0 Å². The highest BCUT2D eigenvalue weighted by Gasteiger charge is 2.41. The van der Waals surface area contributed by atoms with Crippen LogP contribution in [0.3, 0.4) is 0 Å². The number of piperidine rings is 1. The number of hydrogen-bond donors (Lipinski definition) is 1. The Morgan fingerprint density at radius 3 is 2.79 bits per heavy atom. The zero-order valence-corrected chi connectivity index (χ0v) is 14.3. The van der Waals surface area contributed by atoms with E-state index in [1.807, 2.05) is 9.80 Å². The lowest BCUT2D eigenvalue weighted by Crippen LogP contribution is -2.48. The van der Waals surface area contributed by atoms with Crippen molar-refractivity contribution < 1.29 is 14.4 Å². The van der Waals surface area contributed by atoms with Crippen molar-refractivity contribution >= 4 is 23.4 Å². The van der Waals surface area contributed by atoms with Gasteiger partial charge in [-0.1, -0.05) is 6.92 Å². The molecule has 24 heavy (non-hydrogen) atoms. The molecule has 0 radical (unpaired) electrons. The van der Waals surface area contributed by atoms with Gasteiger partial charge in [0, 0.05) is 44.2 Å². The van der Waals surface area contributed by atoms with Crippen molar-refractivity contribution in [1.29, 1.82) is 0 Å². The Morgan fingerprint density at radius 1 is 1.25 bits per heavy atom. The van der Waals surface area contributed by atoms with Gasteiger partial charge in [-0.3, -0.25) is 14.4 Å². The number of hydrogen-bond acceptors (Lipinski definition) is 4. The zero-order valence-electron chi connectivity index (χ0n) is 14.3. The summed E-state index contributed by atoms with van der Waals surface area (Å²) in [6, 6.07) is 0.173. The fourth-order valence-electron chi connectivity index (χ4n) is 3.88. The Morgan fingerprint density at radius 2 is 2.08 bits per heavy atom. The van der Waals surface area contributed by atoms with E-state index in [1.54, 1.807) is 0 Å². The fourth-order valence-corrected chi connectivity index (χ4v) is 3.88. The third-order valence-corrected chi connectivity index (χ3v) is 5.22. The van der Waals surface area contributed by atoms with Crippen LogP contribution >= 0.6 is 0 Å². The maximum Gasteiger partial charge on any atom is 0.240 e. The van der Waals surface area contributed by atoms with Crippen molar-refractivity contribution in [3.05, 3.63) is 0 Å². The number of carbonyl (C=O) groups is 3. The van der Waals surface area contributed by atoms with Crippen LogP contribution in [0.2, 0.25) is 0 Å². The molecule has 0 spiro atoms. The molecule has 4 rings (SSSR count). The largest absolute Gasteiger partial charge is 0.340 e. The molecule has 2 bridgehead atoms. The van der Waals surface area contributed by atoms with E-state index in [-0.39, 0.29) is 29.7 Å². The standard InChI is InChI=1S/C17H26N4O3/c1-2-9-21-14-6-3-12(17(21)24)10-20(11-14)16(23)8-5-13-4-7-15(22)19-18-13/h12,14H,2-11H2,1H3,(H,19,22)/t12-,14+/m1/s1. The van der Waals surface area contributed by atoms with E-state index >= 15 is 0 Å². The first kappa shape index (κ1) is 16.9. The minimum Gasteiger partial charge on any atom is -0.340 e.